The predicted octanol–water partition coefficient (Wildman–Crippen LogP) is 2.19. The van der Waals surface area contributed by atoms with Gasteiger partial charge in [-0.25, -0.2) is 0 Å². The number of ether oxygens (including phenoxy) is 1. The van der Waals surface area contributed by atoms with Crippen LogP contribution in [0.2, 0.25) is 0 Å². The van der Waals surface area contributed by atoms with Crippen LogP contribution in [-0.4, -0.2) is 25.8 Å². The average Bonchev–Trinajstić information content (AvgIpc) is 2.21. The zero-order chi connectivity index (χ0) is 10.8. The molecule has 2 nitrogen and oxygen atoms in total. The van der Waals surface area contributed by atoms with Crippen molar-refractivity contribution in [2.24, 2.45) is 0 Å². The molecule has 2 atom stereocenters. The van der Waals surface area contributed by atoms with Gasteiger partial charge in [-0.1, -0.05) is 6.92 Å². The first-order chi connectivity index (χ1) is 6.74. The summed E-state index contributed by atoms with van der Waals surface area (Å²) in [7, 11) is 1.76. The molecule has 2 heteroatoms. The zero-order valence-electron chi connectivity index (χ0n) is 9.89. The van der Waals surface area contributed by atoms with E-state index in [1.54, 1.807) is 7.11 Å². The lowest BCUT2D eigenvalue weighted by Gasteiger charge is -2.17. The van der Waals surface area contributed by atoms with Gasteiger partial charge in [0.25, 0.3) is 0 Å². The third-order valence-corrected chi connectivity index (χ3v) is 2.34. The quantitative estimate of drug-likeness (QED) is 0.632. The van der Waals surface area contributed by atoms with Gasteiger partial charge in [-0.15, -0.1) is 11.8 Å². The largest absolute Gasteiger partial charge is 0.382 e. The van der Waals surface area contributed by atoms with E-state index < -0.39 is 0 Å². The maximum absolute atomic E-state index is 5.22. The summed E-state index contributed by atoms with van der Waals surface area (Å²) in [6.07, 6.45) is 3.53. The minimum atomic E-state index is 0.353. The second-order valence-corrected chi connectivity index (χ2v) is 3.51. The van der Waals surface area contributed by atoms with Gasteiger partial charge in [0.1, 0.15) is 0 Å². The van der Waals surface area contributed by atoms with Crippen molar-refractivity contribution in [1.82, 2.24) is 5.32 Å². The summed E-state index contributed by atoms with van der Waals surface area (Å²) < 4.78 is 5.22. The van der Waals surface area contributed by atoms with E-state index in [1.807, 2.05) is 6.92 Å². The van der Waals surface area contributed by atoms with Crippen LogP contribution in [0.15, 0.2) is 0 Å². The van der Waals surface area contributed by atoms with Crippen molar-refractivity contribution in [1.29, 1.82) is 0 Å². The lowest BCUT2D eigenvalue weighted by molar-refractivity contribution is 0.106. The molecule has 0 bridgehead atoms. The zero-order valence-corrected chi connectivity index (χ0v) is 9.89. The van der Waals surface area contributed by atoms with Crippen molar-refractivity contribution in [2.75, 3.05) is 13.7 Å². The van der Waals surface area contributed by atoms with Gasteiger partial charge in [-0.3, -0.25) is 0 Å². The first-order valence-corrected chi connectivity index (χ1v) is 5.40. The van der Waals surface area contributed by atoms with E-state index in [0.29, 0.717) is 12.1 Å². The van der Waals surface area contributed by atoms with Crippen molar-refractivity contribution < 1.29 is 4.74 Å². The van der Waals surface area contributed by atoms with Crippen molar-refractivity contribution >= 4 is 0 Å². The summed E-state index contributed by atoms with van der Waals surface area (Å²) in [6.45, 7) is 7.14. The molecular weight excluding hydrogens is 174 g/mol. The van der Waals surface area contributed by atoms with Crippen LogP contribution in [0.1, 0.15) is 40.0 Å². The molecule has 1 N–H and O–H groups in total. The van der Waals surface area contributed by atoms with E-state index in [0.717, 1.165) is 25.8 Å². The maximum Gasteiger partial charge on any atom is 0.0543 e. The maximum atomic E-state index is 5.22. The molecule has 0 fully saturated rings. The van der Waals surface area contributed by atoms with Gasteiger partial charge < -0.3 is 10.1 Å². The fourth-order valence-electron chi connectivity index (χ4n) is 1.34. The fourth-order valence-corrected chi connectivity index (χ4v) is 1.34. The smallest absolute Gasteiger partial charge is 0.0543 e. The molecule has 0 aliphatic carbocycles. The normalized spacial score (nSPS) is 14.3. The molecule has 2 unspecified atom stereocenters. The summed E-state index contributed by atoms with van der Waals surface area (Å²) in [6, 6.07) is 0.519. The molecule has 0 saturated heterocycles. The van der Waals surface area contributed by atoms with Crippen LogP contribution in [-0.2, 0) is 4.74 Å². The van der Waals surface area contributed by atoms with Gasteiger partial charge in [-0.05, 0) is 33.2 Å². The highest BCUT2D eigenvalue weighted by Gasteiger charge is 2.07. The third-order valence-electron chi connectivity index (χ3n) is 2.34. The standard InChI is InChI=1S/C12H23NO/c1-5-7-8-12(13-6-2)10-9-11(3)14-4/h11-13H,6,8-10H2,1-4H3. The third kappa shape index (κ3) is 6.94. The number of methoxy groups -OCH3 is 1. The summed E-state index contributed by atoms with van der Waals surface area (Å²) >= 11 is 0. The molecule has 0 aromatic heterocycles. The lowest BCUT2D eigenvalue weighted by atomic mass is 10.1. The molecular formula is C12H23NO. The Morgan fingerprint density at radius 3 is 2.57 bits per heavy atom. The summed E-state index contributed by atoms with van der Waals surface area (Å²) in [5.41, 5.74) is 0. The monoisotopic (exact) mass is 197 g/mol. The van der Waals surface area contributed by atoms with Crippen LogP contribution >= 0.6 is 0 Å². The predicted molar refractivity (Wildman–Crippen MR) is 61.2 cm³/mol. The van der Waals surface area contributed by atoms with Crippen LogP contribution in [0, 0.1) is 11.8 Å². The Morgan fingerprint density at radius 2 is 2.07 bits per heavy atom. The van der Waals surface area contributed by atoms with E-state index in [-0.39, 0.29) is 0 Å². The molecule has 0 radical (unpaired) electrons. The highest BCUT2D eigenvalue weighted by atomic mass is 16.5. The second-order valence-electron chi connectivity index (χ2n) is 3.51. The Morgan fingerprint density at radius 1 is 1.36 bits per heavy atom. The molecule has 0 heterocycles. The summed E-state index contributed by atoms with van der Waals surface area (Å²) in [5, 5.41) is 3.44. The van der Waals surface area contributed by atoms with Crippen LogP contribution in [0.5, 0.6) is 0 Å². The molecule has 0 saturated carbocycles. The average molecular weight is 197 g/mol. The van der Waals surface area contributed by atoms with E-state index in [2.05, 4.69) is 31.0 Å². The molecule has 0 spiro atoms. The second kappa shape index (κ2) is 9.05. The van der Waals surface area contributed by atoms with Gasteiger partial charge in [-0.2, -0.15) is 0 Å². The van der Waals surface area contributed by atoms with Crippen molar-refractivity contribution in [3.63, 3.8) is 0 Å². The highest BCUT2D eigenvalue weighted by Crippen LogP contribution is 2.06. The first-order valence-electron chi connectivity index (χ1n) is 5.40. The van der Waals surface area contributed by atoms with Crippen molar-refractivity contribution in [2.45, 2.75) is 52.2 Å². The Bertz CT molecular complexity index is 180. The van der Waals surface area contributed by atoms with Gasteiger partial charge in [0, 0.05) is 19.6 Å². The van der Waals surface area contributed by atoms with Crippen LogP contribution < -0.4 is 5.32 Å². The molecule has 14 heavy (non-hydrogen) atoms. The van der Waals surface area contributed by atoms with Gasteiger partial charge in [0.2, 0.25) is 0 Å². The van der Waals surface area contributed by atoms with E-state index in [1.165, 1.54) is 0 Å². The Balaban J connectivity index is 3.75. The molecule has 82 valence electrons. The summed E-state index contributed by atoms with van der Waals surface area (Å²) in [5.74, 6) is 6.06. The van der Waals surface area contributed by atoms with E-state index >= 15 is 0 Å². The molecule has 0 aromatic rings. The first kappa shape index (κ1) is 13.5. The minimum Gasteiger partial charge on any atom is -0.382 e. The lowest BCUT2D eigenvalue weighted by Crippen LogP contribution is -2.29. The topological polar surface area (TPSA) is 21.3 Å². The summed E-state index contributed by atoms with van der Waals surface area (Å²) in [4.78, 5) is 0. The van der Waals surface area contributed by atoms with Crippen LogP contribution in [0.3, 0.4) is 0 Å². The molecule has 0 rings (SSSR count). The fraction of sp³-hybridized carbons (Fsp3) is 0.833. The highest BCUT2D eigenvalue weighted by molar-refractivity contribution is 4.98. The van der Waals surface area contributed by atoms with Gasteiger partial charge in [0.15, 0.2) is 0 Å². The van der Waals surface area contributed by atoms with Crippen molar-refractivity contribution in [3.8, 4) is 11.8 Å². The number of hydrogen-bond donors (Lipinski definition) is 1. The molecule has 0 aliphatic rings. The van der Waals surface area contributed by atoms with Crippen LogP contribution in [0.25, 0.3) is 0 Å². The van der Waals surface area contributed by atoms with E-state index in [4.69, 9.17) is 4.74 Å². The minimum absolute atomic E-state index is 0.353. The molecule has 0 amide bonds. The van der Waals surface area contributed by atoms with Gasteiger partial charge >= 0.3 is 0 Å². The van der Waals surface area contributed by atoms with E-state index in [9.17, 15) is 0 Å². The number of rotatable bonds is 7. The van der Waals surface area contributed by atoms with Crippen LogP contribution in [0.4, 0.5) is 0 Å². The SMILES string of the molecule is CC#CCC(CCC(C)OC)NCC. The Labute approximate surface area is 88.4 Å². The Hall–Kier alpha value is -0.520. The number of nitrogens with one attached hydrogen (secondary N) is 1. The molecule has 0 aliphatic heterocycles. The van der Waals surface area contributed by atoms with Gasteiger partial charge in [0.05, 0.1) is 6.10 Å². The Kier molecular flexibility index (Phi) is 8.72. The molecule has 0 aromatic carbocycles. The number of hydrogen-bond acceptors (Lipinski definition) is 2. The van der Waals surface area contributed by atoms with Crippen molar-refractivity contribution in [3.05, 3.63) is 0 Å².